The Hall–Kier alpha value is -0.510. The SMILES string of the molecule is CCSc1ccc(C(N)OC)cc1. The molecule has 1 aromatic rings. The second kappa shape index (κ2) is 5.27. The zero-order valence-corrected chi connectivity index (χ0v) is 8.80. The first-order valence-corrected chi connectivity index (χ1v) is 5.27. The van der Waals surface area contributed by atoms with Gasteiger partial charge < -0.3 is 10.5 Å². The molecule has 3 heteroatoms. The molecule has 1 unspecified atom stereocenters. The largest absolute Gasteiger partial charge is 0.363 e. The van der Waals surface area contributed by atoms with Gasteiger partial charge in [-0.2, -0.15) is 0 Å². The van der Waals surface area contributed by atoms with Crippen molar-refractivity contribution in [2.24, 2.45) is 5.73 Å². The first-order chi connectivity index (χ1) is 6.27. The van der Waals surface area contributed by atoms with Gasteiger partial charge in [0.2, 0.25) is 0 Å². The Balaban J connectivity index is 2.69. The molecule has 0 spiro atoms. The van der Waals surface area contributed by atoms with Crippen molar-refractivity contribution >= 4 is 11.8 Å². The number of benzene rings is 1. The molecule has 0 aliphatic rings. The van der Waals surface area contributed by atoms with Crippen LogP contribution in [0.3, 0.4) is 0 Å². The molecular formula is C10H15NOS. The number of methoxy groups -OCH3 is 1. The van der Waals surface area contributed by atoms with Gasteiger partial charge in [-0.15, -0.1) is 11.8 Å². The van der Waals surface area contributed by atoms with Crippen molar-refractivity contribution in [3.8, 4) is 0 Å². The number of thioether (sulfide) groups is 1. The standard InChI is InChI=1S/C10H15NOS/c1-3-13-9-6-4-8(5-7-9)10(11)12-2/h4-7,10H,3,11H2,1-2H3. The van der Waals surface area contributed by atoms with E-state index < -0.39 is 0 Å². The Kier molecular flexibility index (Phi) is 4.28. The first kappa shape index (κ1) is 10.6. The smallest absolute Gasteiger partial charge is 0.131 e. The monoisotopic (exact) mass is 197 g/mol. The number of ether oxygens (including phenoxy) is 1. The summed E-state index contributed by atoms with van der Waals surface area (Å²) in [6.45, 7) is 2.14. The molecule has 0 bridgehead atoms. The predicted octanol–water partition coefficient (Wildman–Crippen LogP) is 2.40. The average molecular weight is 197 g/mol. The number of hydrogen-bond acceptors (Lipinski definition) is 3. The van der Waals surface area contributed by atoms with Crippen LogP contribution in [0, 0.1) is 0 Å². The van der Waals surface area contributed by atoms with Crippen LogP contribution >= 0.6 is 11.8 Å². The highest BCUT2D eigenvalue weighted by molar-refractivity contribution is 7.99. The van der Waals surface area contributed by atoms with Gasteiger partial charge in [0, 0.05) is 12.0 Å². The molecule has 0 aliphatic carbocycles. The van der Waals surface area contributed by atoms with Crippen molar-refractivity contribution in [1.29, 1.82) is 0 Å². The second-order valence-electron chi connectivity index (χ2n) is 2.66. The highest BCUT2D eigenvalue weighted by atomic mass is 32.2. The van der Waals surface area contributed by atoms with E-state index in [1.807, 2.05) is 23.9 Å². The van der Waals surface area contributed by atoms with Crippen molar-refractivity contribution < 1.29 is 4.74 Å². The fraction of sp³-hybridized carbons (Fsp3) is 0.400. The summed E-state index contributed by atoms with van der Waals surface area (Å²) in [5.74, 6) is 1.09. The molecule has 72 valence electrons. The summed E-state index contributed by atoms with van der Waals surface area (Å²) in [7, 11) is 1.61. The summed E-state index contributed by atoms with van der Waals surface area (Å²) in [5.41, 5.74) is 6.71. The van der Waals surface area contributed by atoms with Crippen LogP contribution < -0.4 is 5.73 Å². The molecular weight excluding hydrogens is 182 g/mol. The number of rotatable bonds is 4. The quantitative estimate of drug-likeness (QED) is 0.594. The van der Waals surface area contributed by atoms with Gasteiger partial charge in [0.15, 0.2) is 0 Å². The topological polar surface area (TPSA) is 35.2 Å². The second-order valence-corrected chi connectivity index (χ2v) is 4.00. The molecule has 0 aromatic heterocycles. The van der Waals surface area contributed by atoms with Crippen LogP contribution in [0.25, 0.3) is 0 Å². The van der Waals surface area contributed by atoms with Crippen LogP contribution in [-0.2, 0) is 4.74 Å². The Morgan fingerprint density at radius 1 is 1.38 bits per heavy atom. The molecule has 0 amide bonds. The van der Waals surface area contributed by atoms with Crippen LogP contribution in [0.2, 0.25) is 0 Å². The maximum absolute atomic E-state index is 5.69. The lowest BCUT2D eigenvalue weighted by Gasteiger charge is -2.09. The summed E-state index contributed by atoms with van der Waals surface area (Å²) < 4.78 is 5.01. The van der Waals surface area contributed by atoms with E-state index in [1.165, 1.54) is 4.90 Å². The summed E-state index contributed by atoms with van der Waals surface area (Å²) >= 11 is 1.82. The molecule has 0 saturated carbocycles. The van der Waals surface area contributed by atoms with Gasteiger partial charge in [0.05, 0.1) is 0 Å². The van der Waals surface area contributed by atoms with Gasteiger partial charge in [-0.05, 0) is 23.4 Å². The average Bonchev–Trinajstić information content (AvgIpc) is 2.18. The lowest BCUT2D eigenvalue weighted by molar-refractivity contribution is 0.109. The third kappa shape index (κ3) is 3.03. The maximum atomic E-state index is 5.69. The zero-order chi connectivity index (χ0) is 9.68. The maximum Gasteiger partial charge on any atom is 0.131 e. The van der Waals surface area contributed by atoms with E-state index in [4.69, 9.17) is 10.5 Å². The first-order valence-electron chi connectivity index (χ1n) is 4.29. The van der Waals surface area contributed by atoms with Gasteiger partial charge >= 0.3 is 0 Å². The third-order valence-corrected chi connectivity index (χ3v) is 2.67. The van der Waals surface area contributed by atoms with Crippen LogP contribution in [0.15, 0.2) is 29.2 Å². The molecule has 1 aromatic carbocycles. The Morgan fingerprint density at radius 2 is 2.00 bits per heavy atom. The minimum atomic E-state index is -0.305. The van der Waals surface area contributed by atoms with Crippen molar-refractivity contribution in [2.75, 3.05) is 12.9 Å². The van der Waals surface area contributed by atoms with E-state index in [0.717, 1.165) is 11.3 Å². The Labute approximate surface area is 83.5 Å². The summed E-state index contributed by atoms with van der Waals surface area (Å²) in [4.78, 5) is 1.27. The molecule has 0 saturated heterocycles. The van der Waals surface area contributed by atoms with Crippen molar-refractivity contribution in [1.82, 2.24) is 0 Å². The van der Waals surface area contributed by atoms with E-state index in [-0.39, 0.29) is 6.23 Å². The van der Waals surface area contributed by atoms with E-state index in [9.17, 15) is 0 Å². The molecule has 0 heterocycles. The normalized spacial score (nSPS) is 12.8. The summed E-state index contributed by atoms with van der Waals surface area (Å²) in [5, 5.41) is 0. The van der Waals surface area contributed by atoms with E-state index in [2.05, 4.69) is 19.1 Å². The van der Waals surface area contributed by atoms with Crippen LogP contribution in [0.1, 0.15) is 18.7 Å². The fourth-order valence-corrected chi connectivity index (χ4v) is 1.72. The Morgan fingerprint density at radius 3 is 2.46 bits per heavy atom. The van der Waals surface area contributed by atoms with E-state index in [1.54, 1.807) is 7.11 Å². The lowest BCUT2D eigenvalue weighted by Crippen LogP contribution is -2.11. The number of hydrogen-bond donors (Lipinski definition) is 1. The van der Waals surface area contributed by atoms with Gasteiger partial charge in [-0.25, -0.2) is 0 Å². The van der Waals surface area contributed by atoms with Gasteiger partial charge in [0.25, 0.3) is 0 Å². The van der Waals surface area contributed by atoms with Crippen LogP contribution in [0.5, 0.6) is 0 Å². The van der Waals surface area contributed by atoms with Crippen molar-refractivity contribution in [2.45, 2.75) is 18.0 Å². The number of nitrogens with two attached hydrogens (primary N) is 1. The van der Waals surface area contributed by atoms with E-state index >= 15 is 0 Å². The lowest BCUT2D eigenvalue weighted by atomic mass is 10.2. The van der Waals surface area contributed by atoms with Gasteiger partial charge in [0.1, 0.15) is 6.23 Å². The van der Waals surface area contributed by atoms with Crippen LogP contribution in [0.4, 0.5) is 0 Å². The minimum Gasteiger partial charge on any atom is -0.363 e. The molecule has 1 atom stereocenters. The summed E-state index contributed by atoms with van der Waals surface area (Å²) in [6.07, 6.45) is -0.305. The minimum absolute atomic E-state index is 0.305. The molecule has 0 fully saturated rings. The molecule has 0 aliphatic heterocycles. The van der Waals surface area contributed by atoms with Gasteiger partial charge in [-0.1, -0.05) is 19.1 Å². The molecule has 0 radical (unpaired) electrons. The fourth-order valence-electron chi connectivity index (χ4n) is 1.06. The highest BCUT2D eigenvalue weighted by Crippen LogP contribution is 2.19. The molecule has 13 heavy (non-hydrogen) atoms. The van der Waals surface area contributed by atoms with Crippen molar-refractivity contribution in [3.05, 3.63) is 29.8 Å². The zero-order valence-electron chi connectivity index (χ0n) is 7.99. The highest BCUT2D eigenvalue weighted by Gasteiger charge is 2.02. The van der Waals surface area contributed by atoms with E-state index in [0.29, 0.717) is 0 Å². The van der Waals surface area contributed by atoms with Crippen molar-refractivity contribution in [3.63, 3.8) is 0 Å². The third-order valence-electron chi connectivity index (χ3n) is 1.77. The van der Waals surface area contributed by atoms with Gasteiger partial charge in [-0.3, -0.25) is 0 Å². The molecule has 1 rings (SSSR count). The summed E-state index contributed by atoms with van der Waals surface area (Å²) in [6, 6.07) is 8.16. The van der Waals surface area contributed by atoms with Crippen LogP contribution in [-0.4, -0.2) is 12.9 Å². The predicted molar refractivity (Wildman–Crippen MR) is 56.8 cm³/mol. The molecule has 2 nitrogen and oxygen atoms in total. The Bertz CT molecular complexity index is 248. The molecule has 2 N–H and O–H groups in total.